The van der Waals surface area contributed by atoms with Crippen molar-refractivity contribution in [3.63, 3.8) is 0 Å². The molecule has 178 valence electrons. The number of nitrogens with one attached hydrogen (secondary N) is 1. The molecule has 1 aliphatic heterocycles. The number of rotatable bonds is 7. The number of carbonyl (C=O) groups excluding carboxylic acids is 1. The van der Waals surface area contributed by atoms with Crippen LogP contribution < -0.4 is 5.32 Å². The predicted octanol–water partition coefficient (Wildman–Crippen LogP) is 5.36. The molecule has 4 aliphatic carbocycles. The van der Waals surface area contributed by atoms with Gasteiger partial charge in [0.25, 0.3) is 0 Å². The number of hydrogen-bond acceptors (Lipinski definition) is 2. The van der Waals surface area contributed by atoms with Gasteiger partial charge < -0.3 is 10.2 Å². The smallest absolute Gasteiger partial charge is 0.220 e. The summed E-state index contributed by atoms with van der Waals surface area (Å²) >= 11 is 0. The SMILES string of the molecule is Cl.O=C(CC12CC3CC(CC(C3)C1)C2)NCCN1CCC(Cc2cc(F)ccc2F)CC1. The fourth-order valence-electron chi connectivity index (χ4n) is 7.69. The Morgan fingerprint density at radius 2 is 1.66 bits per heavy atom. The minimum atomic E-state index is -0.363. The van der Waals surface area contributed by atoms with Crippen molar-refractivity contribution in [2.75, 3.05) is 26.2 Å². The van der Waals surface area contributed by atoms with E-state index in [2.05, 4.69) is 10.2 Å². The Bertz CT molecular complexity index is 774. The minimum absolute atomic E-state index is 0. The van der Waals surface area contributed by atoms with E-state index in [0.29, 0.717) is 29.9 Å². The molecular formula is C26H37ClF2N2O. The van der Waals surface area contributed by atoms with Crippen LogP contribution in [0.25, 0.3) is 0 Å². The molecule has 0 spiro atoms. The molecular weight excluding hydrogens is 430 g/mol. The van der Waals surface area contributed by atoms with Crippen molar-refractivity contribution in [3.8, 4) is 0 Å². The molecule has 1 N–H and O–H groups in total. The van der Waals surface area contributed by atoms with Gasteiger partial charge in [-0.1, -0.05) is 0 Å². The van der Waals surface area contributed by atoms with Gasteiger partial charge in [-0.2, -0.15) is 0 Å². The standard InChI is InChI=1S/C26H36F2N2O.ClH/c27-23-1-2-24(28)22(13-23)12-18-3-6-30(7-4-18)8-5-29-25(31)17-26-14-19-9-20(15-26)11-21(10-19)16-26;/h1-2,13,18-21H,3-12,14-17H2,(H,29,31);1H. The van der Waals surface area contributed by atoms with Crippen LogP contribution in [0.4, 0.5) is 8.78 Å². The van der Waals surface area contributed by atoms with Crippen molar-refractivity contribution < 1.29 is 13.6 Å². The highest BCUT2D eigenvalue weighted by Crippen LogP contribution is 2.61. The first kappa shape index (κ1) is 23.9. The molecule has 1 amide bonds. The summed E-state index contributed by atoms with van der Waals surface area (Å²) in [5, 5.41) is 3.20. The van der Waals surface area contributed by atoms with Crippen LogP contribution in [0.3, 0.4) is 0 Å². The van der Waals surface area contributed by atoms with Crippen LogP contribution in [-0.2, 0) is 11.2 Å². The molecule has 0 unspecified atom stereocenters. The third kappa shape index (κ3) is 5.47. The highest BCUT2D eigenvalue weighted by Gasteiger charge is 2.51. The van der Waals surface area contributed by atoms with Crippen LogP contribution in [0.15, 0.2) is 18.2 Å². The average molecular weight is 467 g/mol. The van der Waals surface area contributed by atoms with Gasteiger partial charge in [-0.15, -0.1) is 12.4 Å². The van der Waals surface area contributed by atoms with Gasteiger partial charge in [0.15, 0.2) is 0 Å². The van der Waals surface area contributed by atoms with Crippen molar-refractivity contribution in [1.82, 2.24) is 10.2 Å². The van der Waals surface area contributed by atoms with Gasteiger partial charge in [0, 0.05) is 19.5 Å². The second kappa shape index (κ2) is 9.97. The second-order valence-electron chi connectivity index (χ2n) is 11.2. The molecule has 1 aromatic rings. The number of hydrogen-bond donors (Lipinski definition) is 1. The highest BCUT2D eigenvalue weighted by atomic mass is 35.5. The first-order valence-electron chi connectivity index (χ1n) is 12.4. The first-order valence-corrected chi connectivity index (χ1v) is 12.4. The number of amides is 1. The van der Waals surface area contributed by atoms with Crippen LogP contribution in [0, 0.1) is 40.7 Å². The summed E-state index contributed by atoms with van der Waals surface area (Å²) in [7, 11) is 0. The minimum Gasteiger partial charge on any atom is -0.355 e. The van der Waals surface area contributed by atoms with E-state index < -0.39 is 0 Å². The molecule has 4 bridgehead atoms. The zero-order valence-electron chi connectivity index (χ0n) is 19.0. The Hall–Kier alpha value is -1.20. The Balaban J connectivity index is 0.00000245. The molecule has 3 nitrogen and oxygen atoms in total. The van der Waals surface area contributed by atoms with E-state index in [9.17, 15) is 13.6 Å². The van der Waals surface area contributed by atoms with Gasteiger partial charge in [0.2, 0.25) is 5.91 Å². The summed E-state index contributed by atoms with van der Waals surface area (Å²) in [6.07, 6.45) is 11.4. The zero-order chi connectivity index (χ0) is 21.4. The largest absolute Gasteiger partial charge is 0.355 e. The summed E-state index contributed by atoms with van der Waals surface area (Å²) in [5.74, 6) is 2.66. The van der Waals surface area contributed by atoms with Crippen molar-refractivity contribution in [2.45, 2.75) is 64.2 Å². The number of piperidine rings is 1. The van der Waals surface area contributed by atoms with Crippen molar-refractivity contribution >= 4 is 18.3 Å². The number of halogens is 3. The van der Waals surface area contributed by atoms with Gasteiger partial charge in [0.05, 0.1) is 0 Å². The maximum atomic E-state index is 13.9. The maximum Gasteiger partial charge on any atom is 0.220 e. The van der Waals surface area contributed by atoms with Gasteiger partial charge in [-0.25, -0.2) is 8.78 Å². The molecule has 0 radical (unpaired) electrons. The van der Waals surface area contributed by atoms with Crippen LogP contribution in [0.1, 0.15) is 63.4 Å². The van der Waals surface area contributed by atoms with Gasteiger partial charge in [-0.3, -0.25) is 4.79 Å². The summed E-state index contributed by atoms with van der Waals surface area (Å²) in [6, 6.07) is 3.74. The lowest BCUT2D eigenvalue weighted by Gasteiger charge is -2.56. The molecule has 1 heterocycles. The molecule has 1 saturated heterocycles. The lowest BCUT2D eigenvalue weighted by Crippen LogP contribution is -2.48. The first-order chi connectivity index (χ1) is 15.0. The lowest BCUT2D eigenvalue weighted by atomic mass is 9.49. The summed E-state index contributed by atoms with van der Waals surface area (Å²) < 4.78 is 27.3. The monoisotopic (exact) mass is 466 g/mol. The molecule has 5 fully saturated rings. The van der Waals surface area contributed by atoms with E-state index in [1.165, 1.54) is 56.7 Å². The summed E-state index contributed by atoms with van der Waals surface area (Å²) in [4.78, 5) is 15.1. The lowest BCUT2D eigenvalue weighted by molar-refractivity contribution is -0.129. The van der Waals surface area contributed by atoms with Gasteiger partial charge in [0.1, 0.15) is 11.6 Å². The molecule has 5 aliphatic rings. The predicted molar refractivity (Wildman–Crippen MR) is 125 cm³/mol. The van der Waals surface area contributed by atoms with E-state index in [4.69, 9.17) is 0 Å². The van der Waals surface area contributed by atoms with Crippen molar-refractivity contribution in [3.05, 3.63) is 35.4 Å². The van der Waals surface area contributed by atoms with Crippen LogP contribution in [0.5, 0.6) is 0 Å². The number of benzene rings is 1. The normalized spacial score (nSPS) is 32.0. The molecule has 6 heteroatoms. The number of likely N-dealkylation sites (tertiary alicyclic amines) is 1. The van der Waals surface area contributed by atoms with Crippen molar-refractivity contribution in [1.29, 1.82) is 0 Å². The molecule has 1 aromatic carbocycles. The van der Waals surface area contributed by atoms with E-state index >= 15 is 0 Å². The quantitative estimate of drug-likeness (QED) is 0.586. The molecule has 0 aromatic heterocycles. The fraction of sp³-hybridized carbons (Fsp3) is 0.731. The van der Waals surface area contributed by atoms with E-state index in [-0.39, 0.29) is 29.9 Å². The molecule has 0 atom stereocenters. The average Bonchev–Trinajstić information content (AvgIpc) is 2.70. The Labute approximate surface area is 197 Å². The topological polar surface area (TPSA) is 32.3 Å². The molecule has 4 saturated carbocycles. The third-order valence-electron chi connectivity index (χ3n) is 8.67. The van der Waals surface area contributed by atoms with Crippen LogP contribution in [-0.4, -0.2) is 37.0 Å². The van der Waals surface area contributed by atoms with Crippen molar-refractivity contribution in [2.24, 2.45) is 29.1 Å². The van der Waals surface area contributed by atoms with Crippen LogP contribution in [0.2, 0.25) is 0 Å². The Morgan fingerprint density at radius 1 is 1.03 bits per heavy atom. The van der Waals surface area contributed by atoms with Crippen LogP contribution >= 0.6 is 12.4 Å². The summed E-state index contributed by atoms with van der Waals surface area (Å²) in [6.45, 7) is 3.53. The zero-order valence-corrected chi connectivity index (χ0v) is 19.8. The number of nitrogens with zero attached hydrogens (tertiary/aromatic N) is 1. The second-order valence-corrected chi connectivity index (χ2v) is 11.2. The Morgan fingerprint density at radius 3 is 2.28 bits per heavy atom. The highest BCUT2D eigenvalue weighted by molar-refractivity contribution is 5.85. The van der Waals surface area contributed by atoms with E-state index in [1.54, 1.807) is 0 Å². The Kier molecular flexibility index (Phi) is 7.46. The molecule has 32 heavy (non-hydrogen) atoms. The molecule has 6 rings (SSSR count). The fourth-order valence-corrected chi connectivity index (χ4v) is 7.69. The van der Waals surface area contributed by atoms with E-state index in [0.717, 1.165) is 56.7 Å². The summed E-state index contributed by atoms with van der Waals surface area (Å²) in [5.41, 5.74) is 0.805. The van der Waals surface area contributed by atoms with Gasteiger partial charge in [-0.05, 0) is 124 Å². The van der Waals surface area contributed by atoms with Gasteiger partial charge >= 0.3 is 0 Å². The third-order valence-corrected chi connectivity index (χ3v) is 8.67. The maximum absolute atomic E-state index is 13.9. The number of carbonyl (C=O) groups is 1. The van der Waals surface area contributed by atoms with E-state index in [1.807, 2.05) is 0 Å².